The van der Waals surface area contributed by atoms with Crippen molar-refractivity contribution in [1.82, 2.24) is 14.9 Å². The van der Waals surface area contributed by atoms with Crippen molar-refractivity contribution in [1.29, 1.82) is 0 Å². The van der Waals surface area contributed by atoms with Crippen LogP contribution in [0, 0.1) is 0 Å². The maximum Gasteiger partial charge on any atom is 0.274 e. The Morgan fingerprint density at radius 2 is 2.16 bits per heavy atom. The van der Waals surface area contributed by atoms with E-state index in [1.807, 2.05) is 4.90 Å². The molecule has 2 N–H and O–H groups in total. The number of amides is 1. The standard InChI is InChI=1S/C13H18N4O2/c14-12-8-15-9(7-16-12)13(18)17-5-6-19-11-4-2-1-3-10(11)17/h7-8,10-11H,1-6H2,(H2,14,16). The first kappa shape index (κ1) is 12.3. The Labute approximate surface area is 112 Å². The highest BCUT2D eigenvalue weighted by Crippen LogP contribution is 2.29. The summed E-state index contributed by atoms with van der Waals surface area (Å²) in [6.07, 6.45) is 7.46. The zero-order valence-electron chi connectivity index (χ0n) is 10.8. The molecule has 1 saturated heterocycles. The van der Waals surface area contributed by atoms with Gasteiger partial charge in [-0.2, -0.15) is 0 Å². The van der Waals surface area contributed by atoms with Gasteiger partial charge in [0.2, 0.25) is 0 Å². The van der Waals surface area contributed by atoms with Crippen LogP contribution >= 0.6 is 0 Å². The number of aromatic nitrogens is 2. The lowest BCUT2D eigenvalue weighted by molar-refractivity contribution is -0.0754. The number of hydrogen-bond acceptors (Lipinski definition) is 5. The van der Waals surface area contributed by atoms with E-state index in [-0.39, 0.29) is 18.1 Å². The Balaban J connectivity index is 1.79. The predicted octanol–water partition coefficient (Wildman–Crippen LogP) is 0.842. The second-order valence-corrected chi connectivity index (χ2v) is 5.09. The van der Waals surface area contributed by atoms with E-state index in [0.29, 0.717) is 24.7 Å². The largest absolute Gasteiger partial charge is 0.382 e. The summed E-state index contributed by atoms with van der Waals surface area (Å²) < 4.78 is 5.77. The maximum absolute atomic E-state index is 12.5. The fourth-order valence-corrected chi connectivity index (χ4v) is 2.94. The molecule has 2 heterocycles. The van der Waals surface area contributed by atoms with Gasteiger partial charge in [0, 0.05) is 6.54 Å². The minimum absolute atomic E-state index is 0.0623. The summed E-state index contributed by atoms with van der Waals surface area (Å²) in [7, 11) is 0. The van der Waals surface area contributed by atoms with Crippen LogP contribution in [0.2, 0.25) is 0 Å². The van der Waals surface area contributed by atoms with Gasteiger partial charge >= 0.3 is 0 Å². The van der Waals surface area contributed by atoms with E-state index in [1.165, 1.54) is 18.8 Å². The third-order valence-electron chi connectivity index (χ3n) is 3.88. The molecule has 1 saturated carbocycles. The summed E-state index contributed by atoms with van der Waals surface area (Å²) >= 11 is 0. The monoisotopic (exact) mass is 262 g/mol. The first-order valence-corrected chi connectivity index (χ1v) is 6.76. The van der Waals surface area contributed by atoms with E-state index in [9.17, 15) is 4.79 Å². The van der Waals surface area contributed by atoms with Crippen molar-refractivity contribution in [2.75, 3.05) is 18.9 Å². The summed E-state index contributed by atoms with van der Waals surface area (Å²) in [5.41, 5.74) is 5.85. The average Bonchev–Trinajstić information content (AvgIpc) is 2.47. The molecule has 2 atom stereocenters. The van der Waals surface area contributed by atoms with E-state index >= 15 is 0 Å². The minimum Gasteiger partial charge on any atom is -0.382 e. The molecule has 0 radical (unpaired) electrons. The highest BCUT2D eigenvalue weighted by Gasteiger charge is 2.37. The van der Waals surface area contributed by atoms with Gasteiger partial charge in [-0.3, -0.25) is 4.79 Å². The minimum atomic E-state index is -0.0623. The molecule has 0 bridgehead atoms. The van der Waals surface area contributed by atoms with Crippen molar-refractivity contribution < 1.29 is 9.53 Å². The highest BCUT2D eigenvalue weighted by molar-refractivity contribution is 5.92. The van der Waals surface area contributed by atoms with Gasteiger partial charge in [0.25, 0.3) is 5.91 Å². The van der Waals surface area contributed by atoms with Gasteiger partial charge in [-0.25, -0.2) is 9.97 Å². The number of nitrogens with two attached hydrogens (primary N) is 1. The van der Waals surface area contributed by atoms with E-state index in [1.54, 1.807) is 0 Å². The zero-order chi connectivity index (χ0) is 13.2. The van der Waals surface area contributed by atoms with Crippen LogP contribution in [0.3, 0.4) is 0 Å². The van der Waals surface area contributed by atoms with E-state index < -0.39 is 0 Å². The number of anilines is 1. The molecule has 1 aromatic rings. The first-order valence-electron chi connectivity index (χ1n) is 6.76. The molecule has 2 fully saturated rings. The van der Waals surface area contributed by atoms with Crippen molar-refractivity contribution in [3.8, 4) is 0 Å². The Bertz CT molecular complexity index is 460. The Hall–Kier alpha value is -1.69. The zero-order valence-corrected chi connectivity index (χ0v) is 10.8. The fourth-order valence-electron chi connectivity index (χ4n) is 2.94. The molecule has 2 unspecified atom stereocenters. The number of rotatable bonds is 1. The lowest BCUT2D eigenvalue weighted by Gasteiger charge is -2.43. The number of carbonyl (C=O) groups excluding carboxylic acids is 1. The number of ether oxygens (including phenoxy) is 1. The molecule has 1 amide bonds. The SMILES string of the molecule is Nc1cnc(C(=O)N2CCOC3CCCCC32)cn1. The summed E-state index contributed by atoms with van der Waals surface area (Å²) in [6, 6.07) is 0.189. The molecule has 6 nitrogen and oxygen atoms in total. The van der Waals surface area contributed by atoms with E-state index in [2.05, 4.69) is 9.97 Å². The second-order valence-electron chi connectivity index (χ2n) is 5.09. The van der Waals surface area contributed by atoms with Crippen molar-refractivity contribution in [3.63, 3.8) is 0 Å². The van der Waals surface area contributed by atoms with Crippen LogP contribution in [-0.2, 0) is 4.74 Å². The fraction of sp³-hybridized carbons (Fsp3) is 0.615. The molecule has 2 aliphatic rings. The van der Waals surface area contributed by atoms with Gasteiger partial charge in [0.05, 0.1) is 31.1 Å². The summed E-state index contributed by atoms with van der Waals surface area (Å²) in [6.45, 7) is 1.24. The number of carbonyl (C=O) groups is 1. The summed E-state index contributed by atoms with van der Waals surface area (Å²) in [5, 5.41) is 0. The van der Waals surface area contributed by atoms with Crippen molar-refractivity contribution in [2.24, 2.45) is 0 Å². The smallest absolute Gasteiger partial charge is 0.274 e. The normalized spacial score (nSPS) is 26.8. The number of hydrogen-bond donors (Lipinski definition) is 1. The van der Waals surface area contributed by atoms with Crippen molar-refractivity contribution in [3.05, 3.63) is 18.1 Å². The van der Waals surface area contributed by atoms with E-state index in [0.717, 1.165) is 19.3 Å². The summed E-state index contributed by atoms with van der Waals surface area (Å²) in [4.78, 5) is 22.4. The lowest BCUT2D eigenvalue weighted by Crippen LogP contribution is -2.55. The predicted molar refractivity (Wildman–Crippen MR) is 69.5 cm³/mol. The van der Waals surface area contributed by atoms with Crippen LogP contribution in [0.25, 0.3) is 0 Å². The third kappa shape index (κ3) is 2.40. The van der Waals surface area contributed by atoms with E-state index in [4.69, 9.17) is 10.5 Å². The van der Waals surface area contributed by atoms with Gasteiger partial charge in [-0.15, -0.1) is 0 Å². The topological polar surface area (TPSA) is 81.3 Å². The average molecular weight is 262 g/mol. The van der Waals surface area contributed by atoms with Crippen LogP contribution in [0.1, 0.15) is 36.2 Å². The van der Waals surface area contributed by atoms with Crippen LogP contribution in [-0.4, -0.2) is 46.1 Å². The first-order chi connectivity index (χ1) is 9.25. The van der Waals surface area contributed by atoms with Gasteiger partial charge in [-0.1, -0.05) is 12.8 Å². The van der Waals surface area contributed by atoms with Gasteiger partial charge in [0.1, 0.15) is 11.5 Å². The second kappa shape index (κ2) is 5.13. The van der Waals surface area contributed by atoms with Crippen LogP contribution in [0.5, 0.6) is 0 Å². The summed E-state index contributed by atoms with van der Waals surface area (Å²) in [5.74, 6) is 0.266. The molecule has 3 rings (SSSR count). The lowest BCUT2D eigenvalue weighted by atomic mass is 9.90. The molecule has 1 aliphatic carbocycles. The Morgan fingerprint density at radius 1 is 1.32 bits per heavy atom. The molecule has 1 aromatic heterocycles. The third-order valence-corrected chi connectivity index (χ3v) is 3.88. The molecule has 0 aromatic carbocycles. The molecule has 0 spiro atoms. The van der Waals surface area contributed by atoms with Crippen LogP contribution in [0.15, 0.2) is 12.4 Å². The van der Waals surface area contributed by atoms with Crippen LogP contribution < -0.4 is 5.73 Å². The number of morpholine rings is 1. The Kier molecular flexibility index (Phi) is 3.33. The van der Waals surface area contributed by atoms with Crippen LogP contribution in [0.4, 0.5) is 5.82 Å². The Morgan fingerprint density at radius 3 is 2.95 bits per heavy atom. The molecule has 19 heavy (non-hydrogen) atoms. The highest BCUT2D eigenvalue weighted by atomic mass is 16.5. The van der Waals surface area contributed by atoms with Gasteiger partial charge in [0.15, 0.2) is 0 Å². The van der Waals surface area contributed by atoms with Crippen molar-refractivity contribution >= 4 is 11.7 Å². The number of fused-ring (bicyclic) bond motifs is 1. The number of nitrogen functional groups attached to an aromatic ring is 1. The maximum atomic E-state index is 12.5. The number of nitrogens with zero attached hydrogens (tertiary/aromatic N) is 3. The van der Waals surface area contributed by atoms with Gasteiger partial charge in [-0.05, 0) is 12.8 Å². The molecule has 6 heteroatoms. The molecular weight excluding hydrogens is 244 g/mol. The molecular formula is C13H18N4O2. The van der Waals surface area contributed by atoms with Crippen molar-refractivity contribution in [2.45, 2.75) is 37.8 Å². The molecule has 102 valence electrons. The van der Waals surface area contributed by atoms with Gasteiger partial charge < -0.3 is 15.4 Å². The molecule has 1 aliphatic heterocycles. The quantitative estimate of drug-likeness (QED) is 0.811.